The van der Waals surface area contributed by atoms with Crippen molar-refractivity contribution < 1.29 is 9.05 Å². The number of nitrogens with one attached hydrogen (secondary N) is 1. The molecule has 0 aliphatic heterocycles. The molecular formula is C13H25N4O2P. The molecule has 1 heterocycles. The SMILES string of the molecule is C/C=C\N(Cn1ccc(CP(OCC)OCC)n1)NC. The van der Waals surface area contributed by atoms with E-state index in [1.54, 1.807) is 0 Å². The molecule has 0 saturated carbocycles. The third kappa shape index (κ3) is 6.01. The van der Waals surface area contributed by atoms with Crippen LogP contribution in [0.1, 0.15) is 26.5 Å². The number of rotatable bonds is 10. The minimum atomic E-state index is -0.874. The zero-order chi connectivity index (χ0) is 14.8. The molecule has 0 amide bonds. The summed E-state index contributed by atoms with van der Waals surface area (Å²) in [7, 11) is 1.01. The van der Waals surface area contributed by atoms with Crippen LogP contribution >= 0.6 is 8.38 Å². The second-order valence-electron chi connectivity index (χ2n) is 3.99. The average molecular weight is 300 g/mol. The van der Waals surface area contributed by atoms with Crippen LogP contribution in [0.4, 0.5) is 0 Å². The fourth-order valence-electron chi connectivity index (χ4n) is 1.64. The summed E-state index contributed by atoms with van der Waals surface area (Å²) in [4.78, 5) is 0. The summed E-state index contributed by atoms with van der Waals surface area (Å²) in [5.41, 5.74) is 4.08. The lowest BCUT2D eigenvalue weighted by molar-refractivity contribution is 0.225. The summed E-state index contributed by atoms with van der Waals surface area (Å²) >= 11 is 0. The molecule has 20 heavy (non-hydrogen) atoms. The van der Waals surface area contributed by atoms with Crippen LogP contribution < -0.4 is 5.43 Å². The van der Waals surface area contributed by atoms with E-state index in [-0.39, 0.29) is 0 Å². The minimum Gasteiger partial charge on any atom is -0.334 e. The first-order chi connectivity index (χ1) is 9.73. The van der Waals surface area contributed by atoms with Gasteiger partial charge in [-0.1, -0.05) is 6.08 Å². The Hall–Kier alpha value is -0.940. The zero-order valence-corrected chi connectivity index (χ0v) is 13.6. The van der Waals surface area contributed by atoms with Gasteiger partial charge >= 0.3 is 0 Å². The quantitative estimate of drug-likeness (QED) is 0.532. The molecule has 114 valence electrons. The van der Waals surface area contributed by atoms with Gasteiger partial charge in [-0.05, 0) is 26.8 Å². The summed E-state index contributed by atoms with van der Waals surface area (Å²) in [5, 5.41) is 6.49. The molecule has 6 nitrogen and oxygen atoms in total. The normalized spacial score (nSPS) is 11.7. The lowest BCUT2D eigenvalue weighted by Gasteiger charge is -2.18. The summed E-state index contributed by atoms with van der Waals surface area (Å²) in [6.07, 6.45) is 6.64. The van der Waals surface area contributed by atoms with Gasteiger partial charge in [-0.25, -0.2) is 5.43 Å². The molecule has 0 unspecified atom stereocenters. The predicted octanol–water partition coefficient (Wildman–Crippen LogP) is 2.70. The topological polar surface area (TPSA) is 51.5 Å². The van der Waals surface area contributed by atoms with Crippen molar-refractivity contribution in [3.63, 3.8) is 0 Å². The molecule has 0 aliphatic rings. The zero-order valence-electron chi connectivity index (χ0n) is 12.7. The molecule has 0 saturated heterocycles. The van der Waals surface area contributed by atoms with E-state index in [4.69, 9.17) is 9.05 Å². The van der Waals surface area contributed by atoms with Crippen molar-refractivity contribution in [1.29, 1.82) is 0 Å². The molecule has 0 atom stereocenters. The van der Waals surface area contributed by atoms with Gasteiger partial charge in [-0.3, -0.25) is 9.69 Å². The maximum absolute atomic E-state index is 5.60. The Labute approximate surface area is 122 Å². The maximum atomic E-state index is 5.60. The van der Waals surface area contributed by atoms with E-state index in [1.165, 1.54) is 0 Å². The second-order valence-corrected chi connectivity index (χ2v) is 5.49. The van der Waals surface area contributed by atoms with E-state index in [2.05, 4.69) is 10.5 Å². The van der Waals surface area contributed by atoms with Crippen LogP contribution in [0.3, 0.4) is 0 Å². The second kappa shape index (κ2) is 9.88. The maximum Gasteiger partial charge on any atom is 0.176 e. The van der Waals surface area contributed by atoms with Crippen molar-refractivity contribution in [3.8, 4) is 0 Å². The molecule has 0 spiro atoms. The highest BCUT2D eigenvalue weighted by atomic mass is 31.2. The molecule has 1 aromatic heterocycles. The standard InChI is InChI=1S/C13H25N4O2P/c1-5-9-16(14-4)12-17-10-8-13(15-17)11-20(18-6-2)19-7-3/h5,8-10,14H,6-7,11-12H2,1-4H3/b9-5-. The minimum absolute atomic E-state index is 0.655. The number of hydrogen-bond acceptors (Lipinski definition) is 5. The van der Waals surface area contributed by atoms with E-state index in [0.717, 1.165) is 11.9 Å². The highest BCUT2D eigenvalue weighted by Gasteiger charge is 2.12. The van der Waals surface area contributed by atoms with Crippen LogP contribution in [-0.2, 0) is 21.9 Å². The van der Waals surface area contributed by atoms with Crippen molar-refractivity contribution in [2.24, 2.45) is 0 Å². The van der Waals surface area contributed by atoms with E-state index in [0.29, 0.717) is 19.9 Å². The molecule has 1 rings (SSSR count). The predicted molar refractivity (Wildman–Crippen MR) is 81.8 cm³/mol. The number of hydrazine groups is 1. The van der Waals surface area contributed by atoms with Crippen molar-refractivity contribution >= 4 is 8.38 Å². The summed E-state index contributed by atoms with van der Waals surface area (Å²) < 4.78 is 13.1. The third-order valence-corrected chi connectivity index (χ3v) is 4.12. The van der Waals surface area contributed by atoms with Crippen LogP contribution in [0.25, 0.3) is 0 Å². The van der Waals surface area contributed by atoms with Gasteiger partial charge in [-0.15, -0.1) is 0 Å². The van der Waals surface area contributed by atoms with Crippen LogP contribution in [0.5, 0.6) is 0 Å². The lowest BCUT2D eigenvalue weighted by Crippen LogP contribution is -2.31. The summed E-state index contributed by atoms with van der Waals surface area (Å²) in [6.45, 7) is 7.93. The lowest BCUT2D eigenvalue weighted by atomic mass is 10.5. The summed E-state index contributed by atoms with van der Waals surface area (Å²) in [5.74, 6) is 0. The Morgan fingerprint density at radius 3 is 2.65 bits per heavy atom. The van der Waals surface area contributed by atoms with Crippen LogP contribution in [-0.4, -0.2) is 35.1 Å². The first kappa shape index (κ1) is 17.1. The molecule has 0 aliphatic carbocycles. The Bertz CT molecular complexity index is 391. The number of nitrogens with zero attached hydrogens (tertiary/aromatic N) is 3. The van der Waals surface area contributed by atoms with Gasteiger partial charge in [0.25, 0.3) is 0 Å². The van der Waals surface area contributed by atoms with Crippen molar-refractivity contribution in [1.82, 2.24) is 20.2 Å². The Balaban J connectivity index is 2.57. The van der Waals surface area contributed by atoms with Crippen molar-refractivity contribution in [3.05, 3.63) is 30.2 Å². The molecule has 0 bridgehead atoms. The Morgan fingerprint density at radius 2 is 2.10 bits per heavy atom. The number of hydrogen-bond donors (Lipinski definition) is 1. The molecule has 0 fully saturated rings. The number of aromatic nitrogens is 2. The van der Waals surface area contributed by atoms with Gasteiger partial charge in [0.1, 0.15) is 6.67 Å². The number of allylic oxidation sites excluding steroid dienone is 1. The Morgan fingerprint density at radius 1 is 1.40 bits per heavy atom. The van der Waals surface area contributed by atoms with Crippen molar-refractivity contribution in [2.45, 2.75) is 33.6 Å². The van der Waals surface area contributed by atoms with Crippen LogP contribution in [0.15, 0.2) is 24.5 Å². The fourth-order valence-corrected chi connectivity index (χ4v) is 2.91. The van der Waals surface area contributed by atoms with E-state index in [9.17, 15) is 0 Å². The van der Waals surface area contributed by atoms with Gasteiger partial charge in [0.05, 0.1) is 25.1 Å². The van der Waals surface area contributed by atoms with E-state index in [1.807, 2.05) is 62.0 Å². The molecule has 7 heteroatoms. The van der Waals surface area contributed by atoms with Gasteiger partial charge in [-0.2, -0.15) is 5.10 Å². The largest absolute Gasteiger partial charge is 0.334 e. The van der Waals surface area contributed by atoms with Crippen LogP contribution in [0.2, 0.25) is 0 Å². The van der Waals surface area contributed by atoms with Gasteiger partial charge in [0, 0.05) is 19.4 Å². The molecular weight excluding hydrogens is 275 g/mol. The highest BCUT2D eigenvalue weighted by Crippen LogP contribution is 2.41. The first-order valence-electron chi connectivity index (χ1n) is 6.86. The van der Waals surface area contributed by atoms with Crippen LogP contribution in [0, 0.1) is 0 Å². The average Bonchev–Trinajstić information content (AvgIpc) is 2.86. The smallest absolute Gasteiger partial charge is 0.176 e. The molecule has 0 radical (unpaired) electrons. The van der Waals surface area contributed by atoms with Crippen molar-refractivity contribution in [2.75, 3.05) is 20.3 Å². The third-order valence-electron chi connectivity index (χ3n) is 2.45. The summed E-state index contributed by atoms with van der Waals surface area (Å²) in [6, 6.07) is 2.01. The van der Waals surface area contributed by atoms with E-state index >= 15 is 0 Å². The molecule has 1 aromatic rings. The molecule has 0 aromatic carbocycles. The van der Waals surface area contributed by atoms with Gasteiger partial charge in [0.2, 0.25) is 0 Å². The van der Waals surface area contributed by atoms with E-state index < -0.39 is 8.38 Å². The molecule has 1 N–H and O–H groups in total. The monoisotopic (exact) mass is 300 g/mol. The van der Waals surface area contributed by atoms with Gasteiger partial charge in [0.15, 0.2) is 8.38 Å². The first-order valence-corrected chi connectivity index (χ1v) is 8.22. The fraction of sp³-hybridized carbons (Fsp3) is 0.615. The Kier molecular flexibility index (Phi) is 8.46. The highest BCUT2D eigenvalue weighted by molar-refractivity contribution is 7.46. The van der Waals surface area contributed by atoms with Gasteiger partial charge < -0.3 is 9.05 Å².